The predicted octanol–water partition coefficient (Wildman–Crippen LogP) is 4.51. The first kappa shape index (κ1) is 23.9. The van der Waals surface area contributed by atoms with E-state index >= 15 is 0 Å². The fourth-order valence-electron chi connectivity index (χ4n) is 3.76. The van der Waals surface area contributed by atoms with E-state index in [9.17, 15) is 19.0 Å². The standard InChI is InChI=1S/C25H24ClN3O4S/c1-15-11-12-28(32)13-16(15)14-29-23(30)21-19(26)9-10-20(22(21)24(29)31)27-34(33)18-7-5-17(6-8-18)25(2,3)4/h5-13,27H,14H2,1-4H3. The number of rotatable bonds is 5. The number of fused-ring (bicyclic) bond motifs is 1. The van der Waals surface area contributed by atoms with Gasteiger partial charge in [0.1, 0.15) is 11.0 Å². The van der Waals surface area contributed by atoms with Gasteiger partial charge in [0.25, 0.3) is 11.8 Å². The van der Waals surface area contributed by atoms with Crippen LogP contribution in [-0.2, 0) is 22.9 Å². The van der Waals surface area contributed by atoms with E-state index in [4.69, 9.17) is 11.6 Å². The molecule has 2 aromatic carbocycles. The summed E-state index contributed by atoms with van der Waals surface area (Å²) in [5, 5.41) is 11.8. The molecule has 0 saturated heterocycles. The van der Waals surface area contributed by atoms with Crippen LogP contribution in [0, 0.1) is 12.1 Å². The molecule has 2 amide bonds. The Bertz CT molecular complexity index is 1330. The Morgan fingerprint density at radius 3 is 2.32 bits per heavy atom. The highest BCUT2D eigenvalue weighted by Crippen LogP contribution is 2.36. The third-order valence-electron chi connectivity index (χ3n) is 5.80. The van der Waals surface area contributed by atoms with Crippen molar-refractivity contribution in [3.63, 3.8) is 0 Å². The maximum absolute atomic E-state index is 13.3. The van der Waals surface area contributed by atoms with Crippen molar-refractivity contribution in [1.29, 1.82) is 0 Å². The van der Waals surface area contributed by atoms with Crippen LogP contribution in [0.3, 0.4) is 0 Å². The molecule has 34 heavy (non-hydrogen) atoms. The van der Waals surface area contributed by atoms with E-state index in [1.54, 1.807) is 25.1 Å². The lowest BCUT2D eigenvalue weighted by atomic mass is 9.87. The molecule has 1 aliphatic rings. The number of benzene rings is 2. The molecule has 1 atom stereocenters. The smallest absolute Gasteiger partial charge is 0.264 e. The van der Waals surface area contributed by atoms with Gasteiger partial charge in [-0.25, -0.2) is 4.21 Å². The molecule has 0 spiro atoms. The SMILES string of the molecule is Cc1cc[n+]([O-])cc1CN1C(=O)c2c(Cl)ccc(NS(=O)c3ccc(C(C)(C)C)cc3)c2C1=O. The highest BCUT2D eigenvalue weighted by Gasteiger charge is 2.40. The number of aryl methyl sites for hydroxylation is 1. The Kier molecular flexibility index (Phi) is 6.22. The fourth-order valence-corrected chi connectivity index (χ4v) is 4.87. The van der Waals surface area contributed by atoms with Gasteiger partial charge < -0.3 is 9.93 Å². The third kappa shape index (κ3) is 4.43. The average molecular weight is 498 g/mol. The zero-order valence-electron chi connectivity index (χ0n) is 19.2. The molecule has 3 aromatic rings. The number of nitrogens with one attached hydrogen (secondary N) is 1. The van der Waals surface area contributed by atoms with Gasteiger partial charge in [0.05, 0.1) is 33.3 Å². The molecule has 1 aromatic heterocycles. The summed E-state index contributed by atoms with van der Waals surface area (Å²) in [6.45, 7) is 8.00. The monoisotopic (exact) mass is 497 g/mol. The number of hydrogen-bond acceptors (Lipinski definition) is 4. The predicted molar refractivity (Wildman–Crippen MR) is 131 cm³/mol. The summed E-state index contributed by atoms with van der Waals surface area (Å²) in [4.78, 5) is 28.0. The summed E-state index contributed by atoms with van der Waals surface area (Å²) in [6, 6.07) is 12.0. The quantitative estimate of drug-likeness (QED) is 0.319. The zero-order valence-corrected chi connectivity index (χ0v) is 20.8. The molecule has 2 heterocycles. The average Bonchev–Trinajstić information content (AvgIpc) is 3.03. The maximum Gasteiger partial charge on any atom is 0.264 e. The topological polar surface area (TPSA) is 93.4 Å². The molecule has 0 fully saturated rings. The van der Waals surface area contributed by atoms with Crippen LogP contribution >= 0.6 is 11.6 Å². The molecule has 176 valence electrons. The minimum atomic E-state index is -1.67. The van der Waals surface area contributed by atoms with Crippen molar-refractivity contribution in [2.75, 3.05) is 4.72 Å². The van der Waals surface area contributed by atoms with Crippen LogP contribution in [0.5, 0.6) is 0 Å². The van der Waals surface area contributed by atoms with Crippen LogP contribution in [0.4, 0.5) is 5.69 Å². The van der Waals surface area contributed by atoms with Crippen molar-refractivity contribution >= 4 is 40.1 Å². The van der Waals surface area contributed by atoms with Gasteiger partial charge >= 0.3 is 0 Å². The number of imide groups is 1. The number of aromatic nitrogens is 1. The normalized spacial score (nSPS) is 14.3. The van der Waals surface area contributed by atoms with Gasteiger partial charge in [0.2, 0.25) is 0 Å². The lowest BCUT2D eigenvalue weighted by Crippen LogP contribution is -2.32. The lowest BCUT2D eigenvalue weighted by Gasteiger charge is -2.19. The van der Waals surface area contributed by atoms with Gasteiger partial charge in [-0.2, -0.15) is 4.73 Å². The first-order valence-corrected chi connectivity index (χ1v) is 12.2. The Balaban J connectivity index is 1.64. The van der Waals surface area contributed by atoms with Crippen molar-refractivity contribution < 1.29 is 18.5 Å². The Hall–Kier alpha value is -3.23. The minimum absolute atomic E-state index is 0.0385. The van der Waals surface area contributed by atoms with E-state index in [1.165, 1.54) is 24.5 Å². The second-order valence-corrected chi connectivity index (χ2v) is 10.8. The Labute approximate surface area is 205 Å². The Morgan fingerprint density at radius 2 is 1.68 bits per heavy atom. The molecule has 1 aliphatic heterocycles. The van der Waals surface area contributed by atoms with Crippen molar-refractivity contribution in [2.45, 2.75) is 44.6 Å². The number of hydrogen-bond donors (Lipinski definition) is 1. The number of nitrogens with zero attached hydrogens (tertiary/aromatic N) is 2. The molecular formula is C25H24ClN3O4S. The number of amides is 2. The van der Waals surface area contributed by atoms with Crippen LogP contribution in [0.1, 0.15) is 58.2 Å². The number of pyridine rings is 1. The van der Waals surface area contributed by atoms with Crippen LogP contribution in [0.15, 0.2) is 59.8 Å². The summed E-state index contributed by atoms with van der Waals surface area (Å²) >= 11 is 6.28. The molecule has 0 bridgehead atoms. The largest absolute Gasteiger partial charge is 0.619 e. The van der Waals surface area contributed by atoms with Gasteiger partial charge in [-0.15, -0.1) is 0 Å². The van der Waals surface area contributed by atoms with Crippen molar-refractivity contribution in [2.24, 2.45) is 0 Å². The third-order valence-corrected chi connectivity index (χ3v) is 7.22. The van der Waals surface area contributed by atoms with Gasteiger partial charge in [-0.1, -0.05) is 44.5 Å². The summed E-state index contributed by atoms with van der Waals surface area (Å²) in [6.07, 6.45) is 2.68. The Morgan fingerprint density at radius 1 is 1.03 bits per heavy atom. The van der Waals surface area contributed by atoms with Gasteiger partial charge in [0, 0.05) is 11.6 Å². The van der Waals surface area contributed by atoms with Crippen LogP contribution in [-0.4, -0.2) is 20.9 Å². The molecular weight excluding hydrogens is 474 g/mol. The first-order valence-electron chi connectivity index (χ1n) is 10.6. The number of anilines is 1. The number of carbonyl (C=O) groups is 2. The summed E-state index contributed by atoms with van der Waals surface area (Å²) in [5.74, 6) is -1.12. The van der Waals surface area contributed by atoms with Crippen LogP contribution in [0.2, 0.25) is 5.02 Å². The summed E-state index contributed by atoms with van der Waals surface area (Å²) < 4.78 is 16.5. The van der Waals surface area contributed by atoms with Crippen molar-refractivity contribution in [3.05, 3.63) is 92.9 Å². The molecule has 1 N–H and O–H groups in total. The van der Waals surface area contributed by atoms with Gasteiger partial charge in [-0.3, -0.25) is 14.5 Å². The fraction of sp³-hybridized carbons (Fsp3) is 0.240. The molecule has 0 radical (unpaired) electrons. The maximum atomic E-state index is 13.3. The van der Waals surface area contributed by atoms with E-state index in [-0.39, 0.29) is 33.8 Å². The first-order chi connectivity index (χ1) is 16.0. The van der Waals surface area contributed by atoms with Crippen LogP contribution < -0.4 is 9.45 Å². The van der Waals surface area contributed by atoms with E-state index in [1.807, 2.05) is 12.1 Å². The molecule has 7 nitrogen and oxygen atoms in total. The molecule has 0 aliphatic carbocycles. The highest BCUT2D eigenvalue weighted by atomic mass is 35.5. The second kappa shape index (κ2) is 8.85. The molecule has 1 unspecified atom stereocenters. The summed E-state index contributed by atoms with van der Waals surface area (Å²) in [5.41, 5.74) is 2.76. The van der Waals surface area contributed by atoms with E-state index in [0.29, 0.717) is 15.2 Å². The molecule has 4 rings (SSSR count). The van der Waals surface area contributed by atoms with Crippen LogP contribution in [0.25, 0.3) is 0 Å². The second-order valence-electron chi connectivity index (χ2n) is 9.20. The van der Waals surface area contributed by atoms with E-state index in [0.717, 1.165) is 16.0 Å². The summed E-state index contributed by atoms with van der Waals surface area (Å²) in [7, 11) is -1.67. The zero-order chi connectivity index (χ0) is 24.8. The van der Waals surface area contributed by atoms with Crippen molar-refractivity contribution in [3.8, 4) is 0 Å². The van der Waals surface area contributed by atoms with E-state index in [2.05, 4.69) is 25.5 Å². The minimum Gasteiger partial charge on any atom is -0.619 e. The highest BCUT2D eigenvalue weighted by molar-refractivity contribution is 7.86. The number of carbonyl (C=O) groups excluding carboxylic acids is 2. The van der Waals surface area contributed by atoms with Crippen molar-refractivity contribution in [1.82, 2.24) is 4.90 Å². The molecule has 0 saturated carbocycles. The molecule has 9 heteroatoms. The van der Waals surface area contributed by atoms with Gasteiger partial charge in [0.15, 0.2) is 12.4 Å². The van der Waals surface area contributed by atoms with Gasteiger partial charge in [-0.05, 0) is 47.7 Å². The van der Waals surface area contributed by atoms with E-state index < -0.39 is 22.8 Å². The lowest BCUT2D eigenvalue weighted by molar-refractivity contribution is -0.606. The number of halogens is 1.